The number of benzene rings is 1. The summed E-state index contributed by atoms with van der Waals surface area (Å²) in [6, 6.07) is 8.34. The maximum Gasteiger partial charge on any atom is 0.391 e. The summed E-state index contributed by atoms with van der Waals surface area (Å²) in [5.41, 5.74) is 2.48. The summed E-state index contributed by atoms with van der Waals surface area (Å²) < 4.78 is 37.7. The first-order chi connectivity index (χ1) is 8.50. The van der Waals surface area contributed by atoms with Crippen LogP contribution in [0.15, 0.2) is 24.3 Å². The van der Waals surface area contributed by atoms with Crippen molar-refractivity contribution in [1.82, 2.24) is 0 Å². The molecule has 1 aromatic rings. The van der Waals surface area contributed by atoms with Crippen molar-refractivity contribution in [1.29, 1.82) is 0 Å². The van der Waals surface area contributed by atoms with Crippen LogP contribution in [0.5, 0.6) is 0 Å². The smallest absolute Gasteiger partial charge is 0.171 e. The Morgan fingerprint density at radius 1 is 1.00 bits per heavy atom. The van der Waals surface area contributed by atoms with Crippen molar-refractivity contribution in [2.45, 2.75) is 51.1 Å². The maximum absolute atomic E-state index is 12.6. The molecule has 0 spiro atoms. The van der Waals surface area contributed by atoms with Gasteiger partial charge in [-0.1, -0.05) is 31.2 Å². The van der Waals surface area contributed by atoms with E-state index in [0.717, 1.165) is 6.42 Å². The van der Waals surface area contributed by atoms with Gasteiger partial charge in [0.05, 0.1) is 5.92 Å². The molecule has 1 fully saturated rings. The molecule has 100 valence electrons. The van der Waals surface area contributed by atoms with Gasteiger partial charge in [0, 0.05) is 0 Å². The number of hydrogen-bond acceptors (Lipinski definition) is 0. The summed E-state index contributed by atoms with van der Waals surface area (Å²) >= 11 is 0. The standard InChI is InChI=1S/C15H19F3/c1-2-11-3-5-12(6-4-11)13-7-9-14(10-8-13)15(16,17)18/h3-6,13-14H,2,7-10H2,1H3/t13-,14-. The molecule has 1 aromatic carbocycles. The Balaban J connectivity index is 1.96. The normalized spacial score (nSPS) is 25.1. The lowest BCUT2D eigenvalue weighted by Crippen LogP contribution is -2.27. The molecule has 0 radical (unpaired) electrons. The SMILES string of the molecule is CCc1ccc([C@H]2CC[C@H](C(F)(F)F)CC2)cc1. The molecule has 3 heteroatoms. The Labute approximate surface area is 106 Å². The fourth-order valence-corrected chi connectivity index (χ4v) is 2.78. The average molecular weight is 256 g/mol. The molecule has 0 saturated heterocycles. The van der Waals surface area contributed by atoms with Crippen LogP contribution in [-0.4, -0.2) is 6.18 Å². The van der Waals surface area contributed by atoms with Crippen LogP contribution in [0.4, 0.5) is 13.2 Å². The molecule has 0 bridgehead atoms. The minimum atomic E-state index is -4.00. The summed E-state index contributed by atoms with van der Waals surface area (Å²) in [6.45, 7) is 2.10. The van der Waals surface area contributed by atoms with Gasteiger partial charge in [-0.15, -0.1) is 0 Å². The summed E-state index contributed by atoms with van der Waals surface area (Å²) in [4.78, 5) is 0. The fourth-order valence-electron chi connectivity index (χ4n) is 2.78. The van der Waals surface area contributed by atoms with E-state index >= 15 is 0 Å². The van der Waals surface area contributed by atoms with E-state index in [2.05, 4.69) is 31.2 Å². The first kappa shape index (κ1) is 13.4. The van der Waals surface area contributed by atoms with Gasteiger partial charge in [0.25, 0.3) is 0 Å². The molecule has 0 heterocycles. The number of halogens is 3. The first-order valence-electron chi connectivity index (χ1n) is 6.66. The van der Waals surface area contributed by atoms with Crippen molar-refractivity contribution in [3.05, 3.63) is 35.4 Å². The van der Waals surface area contributed by atoms with E-state index in [0.29, 0.717) is 18.8 Å². The highest BCUT2D eigenvalue weighted by Crippen LogP contribution is 2.42. The molecule has 0 aliphatic heterocycles. The maximum atomic E-state index is 12.6. The van der Waals surface area contributed by atoms with Crippen molar-refractivity contribution >= 4 is 0 Å². The molecule has 1 aliphatic rings. The second kappa shape index (κ2) is 5.33. The van der Waals surface area contributed by atoms with E-state index in [1.807, 2.05) is 0 Å². The Bertz CT molecular complexity index is 370. The van der Waals surface area contributed by atoms with Gasteiger partial charge in [-0.3, -0.25) is 0 Å². The third-order valence-corrected chi connectivity index (χ3v) is 4.05. The van der Waals surface area contributed by atoms with E-state index in [4.69, 9.17) is 0 Å². The lowest BCUT2D eigenvalue weighted by Gasteiger charge is -2.30. The average Bonchev–Trinajstić information content (AvgIpc) is 2.38. The van der Waals surface area contributed by atoms with Crippen molar-refractivity contribution in [2.24, 2.45) is 5.92 Å². The van der Waals surface area contributed by atoms with Gasteiger partial charge in [-0.05, 0) is 49.1 Å². The summed E-state index contributed by atoms with van der Waals surface area (Å²) in [6.07, 6.45) is -1.11. The van der Waals surface area contributed by atoms with Crippen molar-refractivity contribution < 1.29 is 13.2 Å². The van der Waals surface area contributed by atoms with E-state index in [1.54, 1.807) is 0 Å². The Kier molecular flexibility index (Phi) is 3.98. The molecular formula is C15H19F3. The highest BCUT2D eigenvalue weighted by Gasteiger charge is 2.41. The Morgan fingerprint density at radius 3 is 2.00 bits per heavy atom. The highest BCUT2D eigenvalue weighted by molar-refractivity contribution is 5.25. The first-order valence-corrected chi connectivity index (χ1v) is 6.66. The zero-order valence-corrected chi connectivity index (χ0v) is 10.6. The van der Waals surface area contributed by atoms with Crippen LogP contribution in [0.3, 0.4) is 0 Å². The van der Waals surface area contributed by atoms with Gasteiger partial charge in [0.2, 0.25) is 0 Å². The van der Waals surface area contributed by atoms with Gasteiger partial charge < -0.3 is 0 Å². The van der Waals surface area contributed by atoms with E-state index in [1.165, 1.54) is 11.1 Å². The molecule has 0 N–H and O–H groups in total. The van der Waals surface area contributed by atoms with Crippen LogP contribution in [0.2, 0.25) is 0 Å². The third kappa shape index (κ3) is 3.06. The van der Waals surface area contributed by atoms with Crippen molar-refractivity contribution in [3.8, 4) is 0 Å². The van der Waals surface area contributed by atoms with Gasteiger partial charge in [-0.25, -0.2) is 0 Å². The molecule has 2 rings (SSSR count). The van der Waals surface area contributed by atoms with Crippen molar-refractivity contribution in [3.63, 3.8) is 0 Å². The summed E-state index contributed by atoms with van der Waals surface area (Å²) in [5.74, 6) is -0.766. The second-order valence-electron chi connectivity index (χ2n) is 5.19. The predicted octanol–water partition coefficient (Wildman–Crippen LogP) is 5.09. The molecule has 0 unspecified atom stereocenters. The zero-order chi connectivity index (χ0) is 13.2. The molecule has 18 heavy (non-hydrogen) atoms. The quantitative estimate of drug-likeness (QED) is 0.691. The Hall–Kier alpha value is -0.990. The third-order valence-electron chi connectivity index (χ3n) is 4.05. The molecule has 0 nitrogen and oxygen atoms in total. The molecule has 0 atom stereocenters. The minimum Gasteiger partial charge on any atom is -0.171 e. The van der Waals surface area contributed by atoms with E-state index < -0.39 is 12.1 Å². The molecular weight excluding hydrogens is 237 g/mol. The van der Waals surface area contributed by atoms with Crippen molar-refractivity contribution in [2.75, 3.05) is 0 Å². The summed E-state index contributed by atoms with van der Waals surface area (Å²) in [7, 11) is 0. The van der Waals surface area contributed by atoms with Crippen LogP contribution >= 0.6 is 0 Å². The predicted molar refractivity (Wildman–Crippen MR) is 66.6 cm³/mol. The molecule has 0 amide bonds. The molecule has 0 aromatic heterocycles. The fraction of sp³-hybridized carbons (Fsp3) is 0.600. The van der Waals surface area contributed by atoms with Crippen LogP contribution in [0, 0.1) is 5.92 Å². The monoisotopic (exact) mass is 256 g/mol. The lowest BCUT2D eigenvalue weighted by atomic mass is 9.78. The lowest BCUT2D eigenvalue weighted by molar-refractivity contribution is -0.182. The number of rotatable bonds is 2. The summed E-state index contributed by atoms with van der Waals surface area (Å²) in [5, 5.41) is 0. The molecule has 1 saturated carbocycles. The van der Waals surface area contributed by atoms with Crippen LogP contribution < -0.4 is 0 Å². The van der Waals surface area contributed by atoms with Gasteiger partial charge in [-0.2, -0.15) is 13.2 Å². The van der Waals surface area contributed by atoms with E-state index in [-0.39, 0.29) is 12.8 Å². The molecule has 1 aliphatic carbocycles. The highest BCUT2D eigenvalue weighted by atomic mass is 19.4. The van der Waals surface area contributed by atoms with Gasteiger partial charge >= 0.3 is 6.18 Å². The van der Waals surface area contributed by atoms with Crippen LogP contribution in [-0.2, 0) is 6.42 Å². The van der Waals surface area contributed by atoms with Gasteiger partial charge in [0.15, 0.2) is 0 Å². The number of hydrogen-bond donors (Lipinski definition) is 0. The largest absolute Gasteiger partial charge is 0.391 e. The van der Waals surface area contributed by atoms with E-state index in [9.17, 15) is 13.2 Å². The minimum absolute atomic E-state index is 0.281. The second-order valence-corrected chi connectivity index (χ2v) is 5.19. The number of alkyl halides is 3. The van der Waals surface area contributed by atoms with Crippen LogP contribution in [0.25, 0.3) is 0 Å². The zero-order valence-electron chi connectivity index (χ0n) is 10.6. The Morgan fingerprint density at radius 2 is 1.56 bits per heavy atom. The topological polar surface area (TPSA) is 0 Å². The van der Waals surface area contributed by atoms with Gasteiger partial charge in [0.1, 0.15) is 0 Å². The number of aryl methyl sites for hydroxylation is 1. The van der Waals surface area contributed by atoms with Crippen LogP contribution in [0.1, 0.15) is 49.7 Å².